The maximum absolute atomic E-state index is 12.2. The standard InChI is InChI=1S/C17H17N5O2/c1-12-3-6-14(10-16(12)22-11-18-20-21-22)19-17(23)9-13-4-7-15(24-2)8-5-13/h3-8,10-11H,9H2,1-2H3,(H,19,23). The van der Waals surface area contributed by atoms with Crippen molar-refractivity contribution in [3.63, 3.8) is 0 Å². The zero-order valence-electron chi connectivity index (χ0n) is 13.4. The molecule has 1 N–H and O–H groups in total. The van der Waals surface area contributed by atoms with E-state index >= 15 is 0 Å². The minimum Gasteiger partial charge on any atom is -0.497 e. The van der Waals surface area contributed by atoms with Gasteiger partial charge in [0.15, 0.2) is 0 Å². The lowest BCUT2D eigenvalue weighted by molar-refractivity contribution is -0.115. The summed E-state index contributed by atoms with van der Waals surface area (Å²) < 4.78 is 6.67. The third-order valence-electron chi connectivity index (χ3n) is 3.61. The number of hydrogen-bond acceptors (Lipinski definition) is 5. The molecule has 3 rings (SSSR count). The second-order valence-electron chi connectivity index (χ2n) is 5.33. The number of nitrogens with one attached hydrogen (secondary N) is 1. The summed E-state index contributed by atoms with van der Waals surface area (Å²) >= 11 is 0. The summed E-state index contributed by atoms with van der Waals surface area (Å²) in [4.78, 5) is 12.2. The first kappa shape index (κ1) is 15.7. The number of rotatable bonds is 5. The fourth-order valence-corrected chi connectivity index (χ4v) is 2.34. The van der Waals surface area contributed by atoms with E-state index in [1.54, 1.807) is 11.8 Å². The van der Waals surface area contributed by atoms with E-state index in [4.69, 9.17) is 4.74 Å². The lowest BCUT2D eigenvalue weighted by Crippen LogP contribution is -2.14. The molecule has 1 heterocycles. The van der Waals surface area contributed by atoms with Crippen molar-refractivity contribution in [1.29, 1.82) is 0 Å². The highest BCUT2D eigenvalue weighted by Gasteiger charge is 2.08. The van der Waals surface area contributed by atoms with Gasteiger partial charge in [0.1, 0.15) is 12.1 Å². The molecule has 0 radical (unpaired) electrons. The van der Waals surface area contributed by atoms with Gasteiger partial charge in [0, 0.05) is 5.69 Å². The molecule has 122 valence electrons. The Morgan fingerprint density at radius 2 is 2.00 bits per heavy atom. The van der Waals surface area contributed by atoms with Gasteiger partial charge in [0.2, 0.25) is 5.91 Å². The zero-order valence-corrected chi connectivity index (χ0v) is 13.4. The Hall–Kier alpha value is -3.22. The van der Waals surface area contributed by atoms with Gasteiger partial charge < -0.3 is 10.1 Å². The Bertz CT molecular complexity index is 829. The second-order valence-corrected chi connectivity index (χ2v) is 5.33. The Balaban J connectivity index is 1.71. The highest BCUT2D eigenvalue weighted by atomic mass is 16.5. The van der Waals surface area contributed by atoms with Gasteiger partial charge in [-0.1, -0.05) is 18.2 Å². The van der Waals surface area contributed by atoms with E-state index in [1.807, 2.05) is 49.4 Å². The third kappa shape index (κ3) is 3.57. The van der Waals surface area contributed by atoms with Crippen LogP contribution in [0.2, 0.25) is 0 Å². The summed E-state index contributed by atoms with van der Waals surface area (Å²) in [5.41, 5.74) is 3.45. The maximum Gasteiger partial charge on any atom is 0.228 e. The monoisotopic (exact) mass is 323 g/mol. The highest BCUT2D eigenvalue weighted by molar-refractivity contribution is 5.92. The van der Waals surface area contributed by atoms with Crippen LogP contribution in [-0.4, -0.2) is 33.2 Å². The number of hydrogen-bond donors (Lipinski definition) is 1. The summed E-state index contributed by atoms with van der Waals surface area (Å²) in [6, 6.07) is 13.0. The van der Waals surface area contributed by atoms with E-state index in [0.717, 1.165) is 22.6 Å². The molecule has 7 nitrogen and oxygen atoms in total. The Morgan fingerprint density at radius 1 is 1.21 bits per heavy atom. The maximum atomic E-state index is 12.2. The summed E-state index contributed by atoms with van der Waals surface area (Å²) in [6.07, 6.45) is 1.81. The summed E-state index contributed by atoms with van der Waals surface area (Å²) in [7, 11) is 1.61. The fourth-order valence-electron chi connectivity index (χ4n) is 2.34. The van der Waals surface area contributed by atoms with Crippen LogP contribution in [0.3, 0.4) is 0 Å². The van der Waals surface area contributed by atoms with Crippen LogP contribution in [-0.2, 0) is 11.2 Å². The molecule has 0 spiro atoms. The first-order valence-electron chi connectivity index (χ1n) is 7.42. The summed E-state index contributed by atoms with van der Waals surface area (Å²) in [6.45, 7) is 1.96. The van der Waals surface area contributed by atoms with Crippen LogP contribution < -0.4 is 10.1 Å². The predicted octanol–water partition coefficient (Wildman–Crippen LogP) is 2.16. The second kappa shape index (κ2) is 6.91. The van der Waals surface area contributed by atoms with Crippen LogP contribution in [0.5, 0.6) is 5.75 Å². The minimum absolute atomic E-state index is 0.0910. The van der Waals surface area contributed by atoms with E-state index in [9.17, 15) is 4.79 Å². The van der Waals surface area contributed by atoms with Crippen molar-refractivity contribution in [2.45, 2.75) is 13.3 Å². The number of nitrogens with zero attached hydrogens (tertiary/aromatic N) is 4. The predicted molar refractivity (Wildman–Crippen MR) is 89.2 cm³/mol. The third-order valence-corrected chi connectivity index (χ3v) is 3.61. The Kier molecular flexibility index (Phi) is 4.51. The molecule has 0 aliphatic heterocycles. The molecular weight excluding hydrogens is 306 g/mol. The van der Waals surface area contributed by atoms with Crippen molar-refractivity contribution in [1.82, 2.24) is 20.2 Å². The molecule has 2 aromatic carbocycles. The molecule has 3 aromatic rings. The van der Waals surface area contributed by atoms with Crippen LogP contribution in [0, 0.1) is 6.92 Å². The summed E-state index contributed by atoms with van der Waals surface area (Å²) in [5.74, 6) is 0.676. The molecule has 0 saturated carbocycles. The molecule has 24 heavy (non-hydrogen) atoms. The quantitative estimate of drug-likeness (QED) is 0.778. The van der Waals surface area contributed by atoms with Crippen molar-refractivity contribution in [2.24, 2.45) is 0 Å². The molecule has 7 heteroatoms. The Morgan fingerprint density at radius 3 is 2.67 bits per heavy atom. The molecule has 1 aromatic heterocycles. The van der Waals surface area contributed by atoms with Crippen LogP contribution in [0.1, 0.15) is 11.1 Å². The van der Waals surface area contributed by atoms with Gasteiger partial charge in [0.25, 0.3) is 0 Å². The van der Waals surface area contributed by atoms with Crippen molar-refractivity contribution < 1.29 is 9.53 Å². The van der Waals surface area contributed by atoms with E-state index in [1.165, 1.54) is 6.33 Å². The number of aryl methyl sites for hydroxylation is 1. The number of carbonyl (C=O) groups is 1. The van der Waals surface area contributed by atoms with Crippen LogP contribution >= 0.6 is 0 Å². The van der Waals surface area contributed by atoms with Gasteiger partial charge in [0.05, 0.1) is 19.2 Å². The van der Waals surface area contributed by atoms with Crippen LogP contribution in [0.4, 0.5) is 5.69 Å². The largest absolute Gasteiger partial charge is 0.497 e. The van der Waals surface area contributed by atoms with Crippen molar-refractivity contribution in [3.05, 3.63) is 59.9 Å². The lowest BCUT2D eigenvalue weighted by Gasteiger charge is -2.10. The van der Waals surface area contributed by atoms with Gasteiger partial charge >= 0.3 is 0 Å². The zero-order chi connectivity index (χ0) is 16.9. The lowest BCUT2D eigenvalue weighted by atomic mass is 10.1. The normalized spacial score (nSPS) is 10.4. The number of aromatic nitrogens is 4. The van der Waals surface area contributed by atoms with E-state index in [0.29, 0.717) is 5.69 Å². The van der Waals surface area contributed by atoms with Gasteiger partial charge in [-0.2, -0.15) is 0 Å². The number of carbonyl (C=O) groups excluding carboxylic acids is 1. The number of methoxy groups -OCH3 is 1. The van der Waals surface area contributed by atoms with E-state index in [-0.39, 0.29) is 12.3 Å². The van der Waals surface area contributed by atoms with Crippen molar-refractivity contribution >= 4 is 11.6 Å². The molecule has 1 amide bonds. The topological polar surface area (TPSA) is 81.9 Å². The number of anilines is 1. The van der Waals surface area contributed by atoms with Crippen LogP contribution in [0.15, 0.2) is 48.8 Å². The molecule has 0 aliphatic rings. The molecule has 0 atom stereocenters. The highest BCUT2D eigenvalue weighted by Crippen LogP contribution is 2.19. The van der Waals surface area contributed by atoms with Gasteiger partial charge in [-0.25, -0.2) is 4.68 Å². The van der Waals surface area contributed by atoms with Gasteiger partial charge in [-0.05, 0) is 52.7 Å². The SMILES string of the molecule is COc1ccc(CC(=O)Nc2ccc(C)c(-n3cnnn3)c2)cc1. The van der Waals surface area contributed by atoms with Crippen LogP contribution in [0.25, 0.3) is 5.69 Å². The van der Waals surface area contributed by atoms with Gasteiger partial charge in [-0.3, -0.25) is 4.79 Å². The fraction of sp³-hybridized carbons (Fsp3) is 0.176. The molecule has 0 fully saturated rings. The molecular formula is C17H17N5O2. The number of benzene rings is 2. The number of amides is 1. The summed E-state index contributed by atoms with van der Waals surface area (Å²) in [5, 5.41) is 14.0. The Labute approximate surface area is 139 Å². The van der Waals surface area contributed by atoms with Crippen molar-refractivity contribution in [3.8, 4) is 11.4 Å². The average Bonchev–Trinajstić information content (AvgIpc) is 3.11. The van der Waals surface area contributed by atoms with Gasteiger partial charge in [-0.15, -0.1) is 5.10 Å². The first-order valence-corrected chi connectivity index (χ1v) is 7.42. The molecule has 0 saturated heterocycles. The molecule has 0 bridgehead atoms. The average molecular weight is 323 g/mol. The minimum atomic E-state index is -0.0910. The molecule has 0 aliphatic carbocycles. The molecule has 0 unspecified atom stereocenters. The smallest absolute Gasteiger partial charge is 0.228 e. The first-order chi connectivity index (χ1) is 11.7. The number of ether oxygens (including phenoxy) is 1. The van der Waals surface area contributed by atoms with Crippen molar-refractivity contribution in [2.75, 3.05) is 12.4 Å². The van der Waals surface area contributed by atoms with E-state index in [2.05, 4.69) is 20.8 Å². The van der Waals surface area contributed by atoms with E-state index < -0.39 is 0 Å². The number of tetrazole rings is 1.